The summed E-state index contributed by atoms with van der Waals surface area (Å²) in [4.78, 5) is 0. The van der Waals surface area contributed by atoms with Gasteiger partial charge >= 0.3 is 0 Å². The molecule has 0 saturated carbocycles. The molecule has 0 aliphatic heterocycles. The summed E-state index contributed by atoms with van der Waals surface area (Å²) in [5.74, 6) is -1.32. The zero-order valence-electron chi connectivity index (χ0n) is 6.14. The van der Waals surface area contributed by atoms with E-state index in [1.54, 1.807) is 0 Å². The zero-order chi connectivity index (χ0) is 7.33. The summed E-state index contributed by atoms with van der Waals surface area (Å²) in [6, 6.07) is 0. The number of ether oxygens (including phenoxy) is 2. The van der Waals surface area contributed by atoms with Crippen LogP contribution in [-0.4, -0.2) is 19.2 Å². The molecule has 55 valence electrons. The van der Waals surface area contributed by atoms with Crippen molar-refractivity contribution in [3.05, 3.63) is 0 Å². The van der Waals surface area contributed by atoms with Gasteiger partial charge in [0.15, 0.2) is 5.79 Å². The van der Waals surface area contributed by atoms with Crippen LogP contribution in [-0.2, 0) is 14.6 Å². The maximum Gasteiger partial charge on any atom is 0.198 e. The van der Waals surface area contributed by atoms with Gasteiger partial charge in [-0.3, -0.25) is 0 Å². The molecule has 0 spiro atoms. The Labute approximate surface area is 55.6 Å². The molecule has 0 aromatic carbocycles. The Kier molecular flexibility index (Phi) is 3.77. The monoisotopic (exact) mass is 133 g/mol. The normalized spacial score (nSPS) is 12.0. The minimum atomic E-state index is -1.32. The van der Waals surface area contributed by atoms with E-state index in [4.69, 9.17) is 9.47 Å². The number of hydrogen-bond donors (Lipinski definition) is 0. The lowest BCUT2D eigenvalue weighted by atomic mass is 10.4. The molecule has 0 fully saturated rings. The molecule has 0 N–H and O–H groups in total. The highest BCUT2D eigenvalue weighted by Crippen LogP contribution is 2.02. The van der Waals surface area contributed by atoms with Gasteiger partial charge in [0.05, 0.1) is 0 Å². The van der Waals surface area contributed by atoms with Gasteiger partial charge in [0.2, 0.25) is 0 Å². The standard InChI is InChI=1S/C6H13O3/c1-4-8-5-9-6(2,3)7/h4-5H2,1-3H3. The molecule has 0 rings (SSSR count). The molecule has 0 unspecified atom stereocenters. The Balaban J connectivity index is 3.07. The molecule has 9 heavy (non-hydrogen) atoms. The molecule has 0 aromatic heterocycles. The lowest BCUT2D eigenvalue weighted by molar-refractivity contribution is -0.254. The fourth-order valence-corrected chi connectivity index (χ4v) is 0.267. The summed E-state index contributed by atoms with van der Waals surface area (Å²) in [5.41, 5.74) is 0. The maximum atomic E-state index is 10.7. The van der Waals surface area contributed by atoms with Crippen molar-refractivity contribution in [2.24, 2.45) is 0 Å². The van der Waals surface area contributed by atoms with Gasteiger partial charge in [-0.1, -0.05) is 0 Å². The van der Waals surface area contributed by atoms with Crippen molar-refractivity contribution in [3.63, 3.8) is 0 Å². The molecule has 0 aliphatic rings. The third-order valence-electron chi connectivity index (χ3n) is 0.694. The van der Waals surface area contributed by atoms with E-state index >= 15 is 0 Å². The van der Waals surface area contributed by atoms with Crippen molar-refractivity contribution in [3.8, 4) is 0 Å². The van der Waals surface area contributed by atoms with Crippen LogP contribution in [0, 0.1) is 0 Å². The van der Waals surface area contributed by atoms with Crippen LogP contribution in [0.1, 0.15) is 20.8 Å². The van der Waals surface area contributed by atoms with E-state index in [9.17, 15) is 5.11 Å². The maximum absolute atomic E-state index is 10.7. The van der Waals surface area contributed by atoms with Crippen molar-refractivity contribution in [2.75, 3.05) is 13.4 Å². The van der Waals surface area contributed by atoms with E-state index < -0.39 is 5.79 Å². The minimum absolute atomic E-state index is 0.0903. The van der Waals surface area contributed by atoms with Gasteiger partial charge in [-0.2, -0.15) is 5.11 Å². The average Bonchev–Trinajstić information content (AvgIpc) is 1.63. The van der Waals surface area contributed by atoms with E-state index in [-0.39, 0.29) is 6.79 Å². The third kappa shape index (κ3) is 7.88. The van der Waals surface area contributed by atoms with Gasteiger partial charge in [-0.05, 0) is 20.8 Å². The fourth-order valence-electron chi connectivity index (χ4n) is 0.267. The predicted octanol–water partition coefficient (Wildman–Crippen LogP) is 1.16. The van der Waals surface area contributed by atoms with Crippen molar-refractivity contribution >= 4 is 0 Å². The molecule has 3 heteroatoms. The second kappa shape index (κ2) is 3.82. The summed E-state index contributed by atoms with van der Waals surface area (Å²) in [6.07, 6.45) is 0. The molecule has 0 aliphatic carbocycles. The Morgan fingerprint density at radius 2 is 2.00 bits per heavy atom. The molecule has 0 aromatic rings. The molecule has 0 atom stereocenters. The fraction of sp³-hybridized carbons (Fsp3) is 1.00. The molecule has 0 amide bonds. The predicted molar refractivity (Wildman–Crippen MR) is 32.3 cm³/mol. The Morgan fingerprint density at radius 3 is 2.33 bits per heavy atom. The zero-order valence-corrected chi connectivity index (χ0v) is 6.14. The molecule has 0 bridgehead atoms. The van der Waals surface area contributed by atoms with Crippen LogP contribution in [0.4, 0.5) is 0 Å². The first-order chi connectivity index (χ1) is 4.06. The second-order valence-corrected chi connectivity index (χ2v) is 2.15. The Bertz CT molecular complexity index is 65.2. The topological polar surface area (TPSA) is 38.4 Å². The molecular formula is C6H13O3. The largest absolute Gasteiger partial charge is 0.356 e. The van der Waals surface area contributed by atoms with Crippen molar-refractivity contribution < 1.29 is 14.6 Å². The van der Waals surface area contributed by atoms with Crippen LogP contribution in [0.3, 0.4) is 0 Å². The highest BCUT2D eigenvalue weighted by molar-refractivity contribution is 4.43. The van der Waals surface area contributed by atoms with E-state index in [0.717, 1.165) is 0 Å². The third-order valence-corrected chi connectivity index (χ3v) is 0.694. The van der Waals surface area contributed by atoms with E-state index in [1.165, 1.54) is 13.8 Å². The van der Waals surface area contributed by atoms with Gasteiger partial charge in [-0.15, -0.1) is 0 Å². The van der Waals surface area contributed by atoms with Gasteiger partial charge in [0.25, 0.3) is 0 Å². The summed E-state index contributed by atoms with van der Waals surface area (Å²) in [5, 5.41) is 10.7. The quantitative estimate of drug-likeness (QED) is 0.426. The first-order valence-electron chi connectivity index (χ1n) is 2.98. The number of hydrogen-bond acceptors (Lipinski definition) is 2. The van der Waals surface area contributed by atoms with Crippen LogP contribution in [0.2, 0.25) is 0 Å². The smallest absolute Gasteiger partial charge is 0.198 e. The first-order valence-corrected chi connectivity index (χ1v) is 2.98. The van der Waals surface area contributed by atoms with E-state index in [0.29, 0.717) is 6.61 Å². The van der Waals surface area contributed by atoms with Crippen LogP contribution in [0.25, 0.3) is 0 Å². The Hall–Kier alpha value is -0.120. The van der Waals surface area contributed by atoms with Crippen LogP contribution < -0.4 is 0 Å². The van der Waals surface area contributed by atoms with Crippen LogP contribution in [0.5, 0.6) is 0 Å². The van der Waals surface area contributed by atoms with Gasteiger partial charge in [0, 0.05) is 6.61 Å². The van der Waals surface area contributed by atoms with Crippen molar-refractivity contribution in [1.82, 2.24) is 0 Å². The molecule has 0 saturated heterocycles. The first kappa shape index (κ1) is 8.88. The lowest BCUT2D eigenvalue weighted by Crippen LogP contribution is -2.22. The van der Waals surface area contributed by atoms with Gasteiger partial charge < -0.3 is 9.47 Å². The highest BCUT2D eigenvalue weighted by atomic mass is 16.7. The second-order valence-electron chi connectivity index (χ2n) is 2.15. The molecule has 3 nitrogen and oxygen atoms in total. The van der Waals surface area contributed by atoms with E-state index in [1.807, 2.05) is 6.92 Å². The highest BCUT2D eigenvalue weighted by Gasteiger charge is 2.13. The summed E-state index contributed by atoms with van der Waals surface area (Å²) in [6.45, 7) is 5.42. The van der Waals surface area contributed by atoms with Crippen molar-refractivity contribution in [1.29, 1.82) is 0 Å². The molecular weight excluding hydrogens is 120 g/mol. The number of rotatable bonds is 4. The van der Waals surface area contributed by atoms with E-state index in [2.05, 4.69) is 0 Å². The minimum Gasteiger partial charge on any atom is -0.356 e. The van der Waals surface area contributed by atoms with Crippen molar-refractivity contribution in [2.45, 2.75) is 26.6 Å². The SMILES string of the molecule is CCOCOC(C)(C)[O]. The van der Waals surface area contributed by atoms with Gasteiger partial charge in [-0.25, -0.2) is 0 Å². The summed E-state index contributed by atoms with van der Waals surface area (Å²) < 4.78 is 9.48. The average molecular weight is 133 g/mol. The summed E-state index contributed by atoms with van der Waals surface area (Å²) in [7, 11) is 0. The van der Waals surface area contributed by atoms with Gasteiger partial charge in [0.1, 0.15) is 6.79 Å². The van der Waals surface area contributed by atoms with Crippen LogP contribution >= 0.6 is 0 Å². The summed E-state index contributed by atoms with van der Waals surface area (Å²) >= 11 is 0. The molecule has 0 heterocycles. The van der Waals surface area contributed by atoms with Crippen LogP contribution in [0.15, 0.2) is 0 Å². The molecule has 1 radical (unpaired) electrons. The Morgan fingerprint density at radius 1 is 1.44 bits per heavy atom. The lowest BCUT2D eigenvalue weighted by Gasteiger charge is -2.14.